The lowest BCUT2D eigenvalue weighted by Gasteiger charge is -2.31. The molecule has 194 valence electrons. The van der Waals surface area contributed by atoms with Gasteiger partial charge >= 0.3 is 6.36 Å². The Morgan fingerprint density at radius 3 is 2.84 bits per heavy atom. The Morgan fingerprint density at radius 1 is 1.24 bits per heavy atom. The number of anilines is 2. The van der Waals surface area contributed by atoms with Crippen LogP contribution in [0.1, 0.15) is 34.3 Å². The molecule has 0 aliphatic carbocycles. The van der Waals surface area contributed by atoms with Crippen LogP contribution in [0.25, 0.3) is 0 Å². The number of aromatic nitrogens is 4. The minimum absolute atomic E-state index is 0.176. The average molecular weight is 551 g/mol. The van der Waals surface area contributed by atoms with Gasteiger partial charge < -0.3 is 20.7 Å². The highest BCUT2D eigenvalue weighted by molar-refractivity contribution is 7.15. The van der Waals surface area contributed by atoms with Crippen molar-refractivity contribution in [2.24, 2.45) is 4.99 Å². The van der Waals surface area contributed by atoms with E-state index in [0.29, 0.717) is 27.4 Å². The summed E-state index contributed by atoms with van der Waals surface area (Å²) >= 11 is 2.70. The molecule has 1 fully saturated rings. The number of rotatable bonds is 7. The highest BCUT2D eigenvalue weighted by Gasteiger charge is 2.37. The van der Waals surface area contributed by atoms with Crippen molar-refractivity contribution in [2.75, 3.05) is 23.7 Å². The van der Waals surface area contributed by atoms with Gasteiger partial charge in [-0.3, -0.25) is 9.79 Å². The van der Waals surface area contributed by atoms with Gasteiger partial charge in [0.05, 0.1) is 6.42 Å². The molecule has 2 atom stereocenters. The SMILES string of the molecule is Nc1nnc(C2CCCN(c3nnc(C4(NC(=O)Cc5cccc(OC(F)(F)F)c5)C=CC=N4)s3)C2)s1. The zero-order chi connectivity index (χ0) is 26.0. The first-order chi connectivity index (χ1) is 17.7. The van der Waals surface area contributed by atoms with E-state index in [4.69, 9.17) is 5.73 Å². The molecule has 5 rings (SSSR count). The lowest BCUT2D eigenvalue weighted by molar-refractivity contribution is -0.274. The zero-order valence-corrected chi connectivity index (χ0v) is 20.8. The number of piperidine rings is 1. The molecule has 10 nitrogen and oxygen atoms in total. The van der Waals surface area contributed by atoms with Crippen LogP contribution in [-0.4, -0.2) is 52.0 Å². The molecule has 4 heterocycles. The fraction of sp³-hybridized carbons (Fsp3) is 0.364. The number of nitrogens with one attached hydrogen (secondary N) is 1. The molecule has 37 heavy (non-hydrogen) atoms. The molecular weight excluding hydrogens is 529 g/mol. The number of nitrogens with zero attached hydrogens (tertiary/aromatic N) is 6. The van der Waals surface area contributed by atoms with Gasteiger partial charge in [0.2, 0.25) is 21.8 Å². The van der Waals surface area contributed by atoms with Gasteiger partial charge in [0.15, 0.2) is 5.01 Å². The molecule has 1 saturated heterocycles. The number of carbonyl (C=O) groups is 1. The van der Waals surface area contributed by atoms with E-state index in [2.05, 4.69) is 40.3 Å². The van der Waals surface area contributed by atoms with Crippen LogP contribution in [-0.2, 0) is 16.9 Å². The first-order valence-electron chi connectivity index (χ1n) is 11.3. The molecule has 1 aromatic carbocycles. The Kier molecular flexibility index (Phi) is 6.81. The predicted octanol–water partition coefficient (Wildman–Crippen LogP) is 3.41. The number of alkyl halides is 3. The minimum Gasteiger partial charge on any atom is -0.406 e. The maximum atomic E-state index is 12.9. The van der Waals surface area contributed by atoms with Crippen molar-refractivity contribution in [3.05, 3.63) is 52.0 Å². The molecule has 15 heteroatoms. The van der Waals surface area contributed by atoms with Gasteiger partial charge in [-0.25, -0.2) is 0 Å². The Hall–Kier alpha value is -3.59. The van der Waals surface area contributed by atoms with Gasteiger partial charge in [-0.15, -0.1) is 33.6 Å². The van der Waals surface area contributed by atoms with Gasteiger partial charge in [-0.1, -0.05) is 34.8 Å². The quantitative estimate of drug-likeness (QED) is 0.458. The van der Waals surface area contributed by atoms with Crippen LogP contribution in [0.5, 0.6) is 5.75 Å². The van der Waals surface area contributed by atoms with Crippen molar-refractivity contribution in [3.63, 3.8) is 0 Å². The van der Waals surface area contributed by atoms with Crippen LogP contribution in [0.2, 0.25) is 0 Å². The van der Waals surface area contributed by atoms with Crippen LogP contribution in [0.3, 0.4) is 0 Å². The van der Waals surface area contributed by atoms with E-state index in [1.807, 2.05) is 0 Å². The maximum Gasteiger partial charge on any atom is 0.573 e. The summed E-state index contributed by atoms with van der Waals surface area (Å²) in [6, 6.07) is 5.29. The Balaban J connectivity index is 1.28. The third kappa shape index (κ3) is 5.88. The molecular formula is C22H21F3N8O2S2. The molecule has 0 bridgehead atoms. The molecule has 2 aliphatic rings. The van der Waals surface area contributed by atoms with E-state index < -0.39 is 23.7 Å². The van der Waals surface area contributed by atoms with Crippen molar-refractivity contribution in [1.82, 2.24) is 25.7 Å². The van der Waals surface area contributed by atoms with Crippen LogP contribution < -0.4 is 20.7 Å². The number of halogens is 3. The fourth-order valence-corrected chi connectivity index (χ4v) is 5.89. The number of nitrogen functional groups attached to an aromatic ring is 1. The summed E-state index contributed by atoms with van der Waals surface area (Å²) in [6.07, 6.45) is 1.86. The third-order valence-electron chi connectivity index (χ3n) is 5.77. The van der Waals surface area contributed by atoms with E-state index in [-0.39, 0.29) is 12.3 Å². The Bertz CT molecular complexity index is 1330. The van der Waals surface area contributed by atoms with Crippen LogP contribution in [0.15, 0.2) is 41.4 Å². The van der Waals surface area contributed by atoms with Gasteiger partial charge in [-0.2, -0.15) is 0 Å². The number of carbonyl (C=O) groups excluding carboxylic acids is 1. The summed E-state index contributed by atoms with van der Waals surface area (Å²) in [7, 11) is 0. The van der Waals surface area contributed by atoms with Crippen LogP contribution in [0, 0.1) is 0 Å². The van der Waals surface area contributed by atoms with Gasteiger partial charge in [-0.05, 0) is 42.7 Å². The second kappa shape index (κ2) is 10.0. The van der Waals surface area contributed by atoms with Crippen LogP contribution in [0.4, 0.5) is 23.4 Å². The molecule has 0 spiro atoms. The number of hydrogen-bond acceptors (Lipinski definition) is 11. The van der Waals surface area contributed by atoms with Gasteiger partial charge in [0.25, 0.3) is 0 Å². The second-order valence-electron chi connectivity index (χ2n) is 8.48. The number of ether oxygens (including phenoxy) is 1. The number of benzene rings is 1. The predicted molar refractivity (Wildman–Crippen MR) is 133 cm³/mol. The monoisotopic (exact) mass is 550 g/mol. The number of hydrogen-bond donors (Lipinski definition) is 2. The Labute approximate surface area is 217 Å². The van der Waals surface area contributed by atoms with Crippen molar-refractivity contribution < 1.29 is 22.7 Å². The highest BCUT2D eigenvalue weighted by Crippen LogP contribution is 2.37. The summed E-state index contributed by atoms with van der Waals surface area (Å²) in [5.41, 5.74) is 4.86. The fourth-order valence-electron chi connectivity index (χ4n) is 4.20. The maximum absolute atomic E-state index is 12.9. The summed E-state index contributed by atoms with van der Waals surface area (Å²) < 4.78 is 41.6. The summed E-state index contributed by atoms with van der Waals surface area (Å²) in [5, 5.41) is 22.1. The second-order valence-corrected chi connectivity index (χ2v) is 10.5. The van der Waals surface area contributed by atoms with E-state index in [1.165, 1.54) is 40.9 Å². The third-order valence-corrected chi connectivity index (χ3v) is 7.79. The molecule has 0 radical (unpaired) electrons. The van der Waals surface area contributed by atoms with Crippen LogP contribution >= 0.6 is 22.7 Å². The largest absolute Gasteiger partial charge is 0.573 e. The zero-order valence-electron chi connectivity index (χ0n) is 19.2. The standard InChI is InChI=1S/C22H21F3N8O2S2/c23-22(24,25)35-15-6-1-4-13(10-15)11-16(34)28-21(7-3-8-27-21)18-30-32-20(37-18)33-9-2-5-14(12-33)17-29-31-19(26)36-17/h1,3-4,6-8,10,14H,2,5,9,11-12H2,(H2,26,31)(H,28,34). The van der Waals surface area contributed by atoms with Crippen molar-refractivity contribution in [3.8, 4) is 5.75 Å². The van der Waals surface area contributed by atoms with Gasteiger partial charge in [0, 0.05) is 25.2 Å². The highest BCUT2D eigenvalue weighted by atomic mass is 32.1. The van der Waals surface area contributed by atoms with Crippen molar-refractivity contribution in [1.29, 1.82) is 0 Å². The molecule has 1 amide bonds. The molecule has 2 unspecified atom stereocenters. The van der Waals surface area contributed by atoms with E-state index in [1.54, 1.807) is 24.4 Å². The normalized spacial score (nSPS) is 21.4. The Morgan fingerprint density at radius 2 is 2.11 bits per heavy atom. The number of aliphatic imine (C=N–C) groups is 1. The molecule has 2 aromatic heterocycles. The minimum atomic E-state index is -4.82. The first-order valence-corrected chi connectivity index (χ1v) is 12.9. The summed E-state index contributed by atoms with van der Waals surface area (Å²) in [5.74, 6) is -0.654. The van der Waals surface area contributed by atoms with E-state index >= 15 is 0 Å². The summed E-state index contributed by atoms with van der Waals surface area (Å²) in [4.78, 5) is 19.4. The smallest absolute Gasteiger partial charge is 0.406 e. The summed E-state index contributed by atoms with van der Waals surface area (Å²) in [6.45, 7) is 1.49. The van der Waals surface area contributed by atoms with Crippen molar-refractivity contribution >= 4 is 45.1 Å². The van der Waals surface area contributed by atoms with E-state index in [0.717, 1.165) is 24.4 Å². The van der Waals surface area contributed by atoms with Crippen molar-refractivity contribution in [2.45, 2.75) is 37.2 Å². The molecule has 0 saturated carbocycles. The molecule has 2 aliphatic heterocycles. The lowest BCUT2D eigenvalue weighted by Crippen LogP contribution is -2.42. The average Bonchev–Trinajstić information content (AvgIpc) is 3.60. The number of nitrogens with two attached hydrogens (primary N) is 1. The molecule has 3 aromatic rings. The number of allylic oxidation sites excluding steroid dienone is 1. The lowest BCUT2D eigenvalue weighted by atomic mass is 9.99. The number of amides is 1. The first kappa shape index (κ1) is 25.1. The van der Waals surface area contributed by atoms with E-state index in [9.17, 15) is 18.0 Å². The van der Waals surface area contributed by atoms with Gasteiger partial charge in [0.1, 0.15) is 10.8 Å². The topological polar surface area (TPSA) is 132 Å². The molecule has 3 N–H and O–H groups in total.